The lowest BCUT2D eigenvalue weighted by Gasteiger charge is -2.15. The maximum Gasteiger partial charge on any atom is 0.237 e. The summed E-state index contributed by atoms with van der Waals surface area (Å²) >= 11 is 3.51. The second kappa shape index (κ2) is 11.5. The molecule has 0 radical (unpaired) electrons. The number of rotatable bonds is 11. The highest BCUT2D eigenvalue weighted by atomic mass is 79.9. The van der Waals surface area contributed by atoms with Gasteiger partial charge in [-0.05, 0) is 43.7 Å². The standard InChI is InChI=1S/C20H25BrN2O5/c1-4-26-17-11-14(15(21)13-18(17)27-5-2)12-19(24)23-16-7-6-8-22-20(16)28-10-9-25-3/h6-8,11,13H,4-5,9-10,12H2,1-3H3,(H,23,24). The van der Waals surface area contributed by atoms with Crippen LogP contribution in [0.3, 0.4) is 0 Å². The number of hydrogen-bond acceptors (Lipinski definition) is 6. The van der Waals surface area contributed by atoms with Gasteiger partial charge in [0, 0.05) is 17.8 Å². The summed E-state index contributed by atoms with van der Waals surface area (Å²) < 4.78 is 22.5. The predicted octanol–water partition coefficient (Wildman–Crippen LogP) is 3.85. The molecule has 0 aliphatic carbocycles. The SMILES string of the molecule is CCOc1cc(Br)c(CC(=O)Nc2cccnc2OCCOC)cc1OCC. The Morgan fingerprint density at radius 2 is 1.82 bits per heavy atom. The number of carbonyl (C=O) groups is 1. The summed E-state index contributed by atoms with van der Waals surface area (Å²) in [6, 6.07) is 7.11. The lowest BCUT2D eigenvalue weighted by atomic mass is 10.1. The second-order valence-electron chi connectivity index (χ2n) is 5.68. The summed E-state index contributed by atoms with van der Waals surface area (Å²) in [7, 11) is 1.59. The van der Waals surface area contributed by atoms with E-state index in [4.69, 9.17) is 18.9 Å². The first-order valence-corrected chi connectivity index (χ1v) is 9.82. The zero-order chi connectivity index (χ0) is 20.4. The lowest BCUT2D eigenvalue weighted by molar-refractivity contribution is -0.115. The number of methoxy groups -OCH3 is 1. The molecule has 0 fully saturated rings. The number of hydrogen-bond donors (Lipinski definition) is 1. The summed E-state index contributed by atoms with van der Waals surface area (Å²) in [5.41, 5.74) is 1.30. The molecule has 7 nitrogen and oxygen atoms in total. The summed E-state index contributed by atoms with van der Waals surface area (Å²) in [5, 5.41) is 2.84. The first kappa shape index (κ1) is 22.0. The molecule has 28 heavy (non-hydrogen) atoms. The number of nitrogens with zero attached hydrogens (tertiary/aromatic N) is 1. The van der Waals surface area contributed by atoms with E-state index in [1.807, 2.05) is 26.0 Å². The highest BCUT2D eigenvalue weighted by Crippen LogP contribution is 2.34. The van der Waals surface area contributed by atoms with E-state index in [0.717, 1.165) is 10.0 Å². The molecule has 152 valence electrons. The van der Waals surface area contributed by atoms with E-state index in [2.05, 4.69) is 26.2 Å². The Kier molecular flexibility index (Phi) is 9.03. The second-order valence-corrected chi connectivity index (χ2v) is 6.53. The zero-order valence-corrected chi connectivity index (χ0v) is 17.9. The Morgan fingerprint density at radius 3 is 2.50 bits per heavy atom. The number of amides is 1. The zero-order valence-electron chi connectivity index (χ0n) is 16.3. The predicted molar refractivity (Wildman–Crippen MR) is 110 cm³/mol. The largest absolute Gasteiger partial charge is 0.490 e. The van der Waals surface area contributed by atoms with Gasteiger partial charge in [0.1, 0.15) is 12.3 Å². The normalized spacial score (nSPS) is 10.4. The molecule has 1 aromatic heterocycles. The highest BCUT2D eigenvalue weighted by molar-refractivity contribution is 9.10. The van der Waals surface area contributed by atoms with E-state index < -0.39 is 0 Å². The molecule has 2 rings (SSSR count). The molecular formula is C20H25BrN2O5. The van der Waals surface area contributed by atoms with Crippen LogP contribution in [0.15, 0.2) is 34.9 Å². The highest BCUT2D eigenvalue weighted by Gasteiger charge is 2.15. The lowest BCUT2D eigenvalue weighted by Crippen LogP contribution is -2.16. The maximum absolute atomic E-state index is 12.6. The van der Waals surface area contributed by atoms with E-state index in [1.54, 1.807) is 25.4 Å². The topological polar surface area (TPSA) is 78.9 Å². The van der Waals surface area contributed by atoms with Crippen molar-refractivity contribution < 1.29 is 23.7 Å². The molecule has 0 aliphatic heterocycles. The first-order valence-electron chi connectivity index (χ1n) is 9.03. The Bertz CT molecular complexity index is 785. The van der Waals surface area contributed by atoms with E-state index >= 15 is 0 Å². The average molecular weight is 453 g/mol. The molecule has 0 aliphatic rings. The van der Waals surface area contributed by atoms with Gasteiger partial charge in [-0.15, -0.1) is 0 Å². The third kappa shape index (κ3) is 6.38. The van der Waals surface area contributed by atoms with Crippen molar-refractivity contribution in [3.63, 3.8) is 0 Å². The van der Waals surface area contributed by atoms with Gasteiger partial charge in [0.25, 0.3) is 0 Å². The van der Waals surface area contributed by atoms with Crippen molar-refractivity contribution in [3.8, 4) is 17.4 Å². The van der Waals surface area contributed by atoms with Gasteiger partial charge < -0.3 is 24.3 Å². The van der Waals surface area contributed by atoms with E-state index in [9.17, 15) is 4.79 Å². The number of halogens is 1. The van der Waals surface area contributed by atoms with Gasteiger partial charge in [-0.2, -0.15) is 0 Å². The van der Waals surface area contributed by atoms with Crippen molar-refractivity contribution in [2.75, 3.05) is 38.9 Å². The molecule has 2 aromatic rings. The Labute approximate surface area is 173 Å². The molecule has 0 spiro atoms. The van der Waals surface area contributed by atoms with Crippen LogP contribution in [0.2, 0.25) is 0 Å². The quantitative estimate of drug-likeness (QED) is 0.521. The van der Waals surface area contributed by atoms with Crippen LogP contribution in [0.4, 0.5) is 5.69 Å². The molecule has 0 bridgehead atoms. The van der Waals surface area contributed by atoms with Gasteiger partial charge in [-0.3, -0.25) is 4.79 Å². The third-order valence-corrected chi connectivity index (χ3v) is 4.37. The number of carbonyl (C=O) groups excluding carboxylic acids is 1. The monoisotopic (exact) mass is 452 g/mol. The molecular weight excluding hydrogens is 428 g/mol. The molecule has 1 N–H and O–H groups in total. The molecule has 0 saturated heterocycles. The molecule has 1 aromatic carbocycles. The van der Waals surface area contributed by atoms with Crippen LogP contribution in [-0.2, 0) is 16.0 Å². The van der Waals surface area contributed by atoms with Crippen LogP contribution in [0.5, 0.6) is 17.4 Å². The number of ether oxygens (including phenoxy) is 4. The fourth-order valence-electron chi connectivity index (χ4n) is 2.44. The van der Waals surface area contributed by atoms with Crippen LogP contribution in [0.1, 0.15) is 19.4 Å². The number of aromatic nitrogens is 1. The average Bonchev–Trinajstić information content (AvgIpc) is 2.67. The van der Waals surface area contributed by atoms with Gasteiger partial charge in [0.05, 0.1) is 26.2 Å². The van der Waals surface area contributed by atoms with E-state index in [-0.39, 0.29) is 12.3 Å². The van der Waals surface area contributed by atoms with Crippen LogP contribution in [0, 0.1) is 0 Å². The van der Waals surface area contributed by atoms with Gasteiger partial charge >= 0.3 is 0 Å². The van der Waals surface area contributed by atoms with Crippen LogP contribution < -0.4 is 19.5 Å². The minimum Gasteiger partial charge on any atom is -0.490 e. The summed E-state index contributed by atoms with van der Waals surface area (Å²) in [6.45, 7) is 5.62. The van der Waals surface area contributed by atoms with Crippen LogP contribution >= 0.6 is 15.9 Å². The van der Waals surface area contributed by atoms with Crippen molar-refractivity contribution in [2.24, 2.45) is 0 Å². The summed E-state index contributed by atoms with van der Waals surface area (Å²) in [4.78, 5) is 16.7. The Morgan fingerprint density at radius 1 is 1.11 bits per heavy atom. The smallest absolute Gasteiger partial charge is 0.237 e. The van der Waals surface area contributed by atoms with Crippen LogP contribution in [0.25, 0.3) is 0 Å². The molecule has 1 amide bonds. The van der Waals surface area contributed by atoms with Crippen molar-refractivity contribution >= 4 is 27.5 Å². The summed E-state index contributed by atoms with van der Waals surface area (Å²) in [5.74, 6) is 1.41. The fraction of sp³-hybridized carbons (Fsp3) is 0.400. The van der Waals surface area contributed by atoms with Gasteiger partial charge in [0.2, 0.25) is 11.8 Å². The Balaban J connectivity index is 2.12. The molecule has 0 saturated carbocycles. The van der Waals surface area contributed by atoms with E-state index in [0.29, 0.717) is 49.5 Å². The number of nitrogens with one attached hydrogen (secondary N) is 1. The molecule has 0 atom stereocenters. The fourth-order valence-corrected chi connectivity index (χ4v) is 2.90. The number of pyridine rings is 1. The molecule has 1 heterocycles. The molecule has 0 unspecified atom stereocenters. The minimum absolute atomic E-state index is 0.152. The van der Waals surface area contributed by atoms with E-state index in [1.165, 1.54) is 0 Å². The first-order chi connectivity index (χ1) is 13.6. The third-order valence-electron chi connectivity index (χ3n) is 3.63. The number of benzene rings is 1. The number of anilines is 1. The van der Waals surface area contributed by atoms with Crippen molar-refractivity contribution in [1.82, 2.24) is 4.98 Å². The van der Waals surface area contributed by atoms with Gasteiger partial charge in [-0.1, -0.05) is 15.9 Å². The van der Waals surface area contributed by atoms with Crippen molar-refractivity contribution in [2.45, 2.75) is 20.3 Å². The maximum atomic E-state index is 12.6. The van der Waals surface area contributed by atoms with Gasteiger partial charge in [0.15, 0.2) is 11.5 Å². The molecule has 8 heteroatoms. The van der Waals surface area contributed by atoms with Crippen molar-refractivity contribution in [1.29, 1.82) is 0 Å². The van der Waals surface area contributed by atoms with Gasteiger partial charge in [-0.25, -0.2) is 4.98 Å². The Hall–Kier alpha value is -2.32. The minimum atomic E-state index is -0.197. The summed E-state index contributed by atoms with van der Waals surface area (Å²) in [6.07, 6.45) is 1.76. The van der Waals surface area contributed by atoms with Crippen molar-refractivity contribution in [3.05, 3.63) is 40.5 Å². The van der Waals surface area contributed by atoms with Crippen LogP contribution in [-0.4, -0.2) is 44.4 Å².